The molecule has 0 saturated carbocycles. The Labute approximate surface area is 125 Å². The minimum Gasteiger partial charge on any atom is -0.379 e. The summed E-state index contributed by atoms with van der Waals surface area (Å²) in [7, 11) is 0. The Morgan fingerprint density at radius 1 is 0.650 bits per heavy atom. The van der Waals surface area contributed by atoms with E-state index in [1.54, 1.807) is 6.08 Å². The summed E-state index contributed by atoms with van der Waals surface area (Å²) in [4.78, 5) is 0. The van der Waals surface area contributed by atoms with E-state index < -0.39 is 0 Å². The molecule has 0 rings (SSSR count). The van der Waals surface area contributed by atoms with Crippen LogP contribution in [0.3, 0.4) is 0 Å². The van der Waals surface area contributed by atoms with Crippen molar-refractivity contribution < 1.29 is 14.2 Å². The Morgan fingerprint density at radius 3 is 1.75 bits per heavy atom. The molecule has 0 aromatic heterocycles. The van der Waals surface area contributed by atoms with Gasteiger partial charge in [-0.1, -0.05) is 57.9 Å². The second-order valence-electron chi connectivity index (χ2n) is 5.06. The van der Waals surface area contributed by atoms with Crippen molar-refractivity contribution >= 4 is 0 Å². The van der Waals surface area contributed by atoms with E-state index in [1.807, 2.05) is 0 Å². The maximum atomic E-state index is 5.52. The van der Waals surface area contributed by atoms with Crippen molar-refractivity contribution in [3.05, 3.63) is 12.7 Å². The summed E-state index contributed by atoms with van der Waals surface area (Å²) in [5.74, 6) is 0. The fraction of sp³-hybridized carbons (Fsp3) is 0.882. The highest BCUT2D eigenvalue weighted by Crippen LogP contribution is 2.08. The normalized spacial score (nSPS) is 10.8. The van der Waals surface area contributed by atoms with Gasteiger partial charge in [-0.3, -0.25) is 0 Å². The first-order valence-corrected chi connectivity index (χ1v) is 8.26. The first-order valence-electron chi connectivity index (χ1n) is 8.26. The Bertz CT molecular complexity index is 183. The summed E-state index contributed by atoms with van der Waals surface area (Å²) in [5, 5.41) is 0. The molecule has 0 saturated heterocycles. The van der Waals surface area contributed by atoms with E-state index in [4.69, 9.17) is 14.2 Å². The molecule has 0 aliphatic rings. The lowest BCUT2D eigenvalue weighted by molar-refractivity contribution is 0.0188. The number of ether oxygens (including phenoxy) is 3. The van der Waals surface area contributed by atoms with Gasteiger partial charge in [0.15, 0.2) is 0 Å². The fourth-order valence-electron chi connectivity index (χ4n) is 1.94. The summed E-state index contributed by atoms with van der Waals surface area (Å²) in [6.45, 7) is 9.92. The van der Waals surface area contributed by atoms with Crippen LogP contribution in [0.5, 0.6) is 0 Å². The standard InChI is InChI=1S/C17H34O3/c1-3-5-6-7-8-9-10-11-13-19-15-17-20-16-14-18-12-4-2/h4H,2-3,5-17H2,1H3. The number of rotatable bonds is 17. The summed E-state index contributed by atoms with van der Waals surface area (Å²) in [6, 6.07) is 0. The SMILES string of the molecule is C=CCOCCOCCOCCCCCCCCCC. The lowest BCUT2D eigenvalue weighted by Gasteiger charge is -2.06. The van der Waals surface area contributed by atoms with Gasteiger partial charge >= 0.3 is 0 Å². The third-order valence-electron chi connectivity index (χ3n) is 3.12. The van der Waals surface area contributed by atoms with Crippen LogP contribution in [-0.4, -0.2) is 39.6 Å². The summed E-state index contributed by atoms with van der Waals surface area (Å²) >= 11 is 0. The van der Waals surface area contributed by atoms with Gasteiger partial charge in [0, 0.05) is 6.61 Å². The van der Waals surface area contributed by atoms with Gasteiger partial charge in [-0.15, -0.1) is 6.58 Å². The Balaban J connectivity index is 2.90. The zero-order chi connectivity index (χ0) is 14.7. The molecule has 120 valence electrons. The molecule has 0 heterocycles. The average Bonchev–Trinajstić information content (AvgIpc) is 2.47. The van der Waals surface area contributed by atoms with E-state index in [9.17, 15) is 0 Å². The van der Waals surface area contributed by atoms with Crippen molar-refractivity contribution in [1.29, 1.82) is 0 Å². The fourth-order valence-corrected chi connectivity index (χ4v) is 1.94. The predicted molar refractivity (Wildman–Crippen MR) is 85.3 cm³/mol. The molecule has 0 aliphatic carbocycles. The van der Waals surface area contributed by atoms with E-state index in [-0.39, 0.29) is 0 Å². The van der Waals surface area contributed by atoms with E-state index in [0.29, 0.717) is 33.0 Å². The third-order valence-corrected chi connectivity index (χ3v) is 3.12. The number of hydrogen-bond donors (Lipinski definition) is 0. The minimum atomic E-state index is 0.596. The molecule has 0 radical (unpaired) electrons. The smallest absolute Gasteiger partial charge is 0.0704 e. The maximum absolute atomic E-state index is 5.52. The first-order chi connectivity index (χ1) is 9.91. The van der Waals surface area contributed by atoms with E-state index in [0.717, 1.165) is 6.61 Å². The van der Waals surface area contributed by atoms with Gasteiger partial charge in [0.25, 0.3) is 0 Å². The molecule has 0 N–H and O–H groups in total. The van der Waals surface area contributed by atoms with Gasteiger partial charge < -0.3 is 14.2 Å². The molecule has 0 amide bonds. The lowest BCUT2D eigenvalue weighted by Crippen LogP contribution is -2.09. The van der Waals surface area contributed by atoms with Crippen LogP contribution in [0.4, 0.5) is 0 Å². The molecule has 0 unspecified atom stereocenters. The third kappa shape index (κ3) is 17.6. The molecule has 3 heteroatoms. The van der Waals surface area contributed by atoms with E-state index in [2.05, 4.69) is 13.5 Å². The molecule has 20 heavy (non-hydrogen) atoms. The average molecular weight is 286 g/mol. The monoisotopic (exact) mass is 286 g/mol. The largest absolute Gasteiger partial charge is 0.379 e. The molecule has 0 bridgehead atoms. The lowest BCUT2D eigenvalue weighted by atomic mass is 10.1. The van der Waals surface area contributed by atoms with Gasteiger partial charge in [0.2, 0.25) is 0 Å². The molecule has 0 fully saturated rings. The highest BCUT2D eigenvalue weighted by Gasteiger charge is 1.93. The van der Waals surface area contributed by atoms with Gasteiger partial charge in [0.1, 0.15) is 0 Å². The van der Waals surface area contributed by atoms with Crippen molar-refractivity contribution in [3.63, 3.8) is 0 Å². The van der Waals surface area contributed by atoms with Gasteiger partial charge in [-0.25, -0.2) is 0 Å². The van der Waals surface area contributed by atoms with Crippen LogP contribution >= 0.6 is 0 Å². The van der Waals surface area contributed by atoms with Crippen LogP contribution in [0.2, 0.25) is 0 Å². The summed E-state index contributed by atoms with van der Waals surface area (Å²) in [6.07, 6.45) is 12.5. The highest BCUT2D eigenvalue weighted by molar-refractivity contribution is 4.63. The summed E-state index contributed by atoms with van der Waals surface area (Å²) < 4.78 is 16.1. The van der Waals surface area contributed by atoms with Gasteiger partial charge in [-0.2, -0.15) is 0 Å². The zero-order valence-electron chi connectivity index (χ0n) is 13.4. The number of unbranched alkanes of at least 4 members (excludes halogenated alkanes) is 7. The van der Waals surface area contributed by atoms with Crippen molar-refractivity contribution in [2.45, 2.75) is 58.3 Å². The molecule has 0 atom stereocenters. The predicted octanol–water partition coefficient (Wildman–Crippen LogP) is 4.36. The Hall–Kier alpha value is -0.380. The molecular weight excluding hydrogens is 252 g/mol. The van der Waals surface area contributed by atoms with Gasteiger partial charge in [-0.05, 0) is 6.42 Å². The van der Waals surface area contributed by atoms with Gasteiger partial charge in [0.05, 0.1) is 33.0 Å². The van der Waals surface area contributed by atoms with Crippen molar-refractivity contribution in [2.24, 2.45) is 0 Å². The van der Waals surface area contributed by atoms with Crippen LogP contribution in [0, 0.1) is 0 Å². The molecule has 0 aliphatic heterocycles. The number of hydrogen-bond acceptors (Lipinski definition) is 3. The molecule has 0 aromatic carbocycles. The van der Waals surface area contributed by atoms with Crippen LogP contribution in [0.15, 0.2) is 12.7 Å². The minimum absolute atomic E-state index is 0.596. The molecule has 3 nitrogen and oxygen atoms in total. The first kappa shape index (κ1) is 19.6. The Morgan fingerprint density at radius 2 is 1.15 bits per heavy atom. The zero-order valence-corrected chi connectivity index (χ0v) is 13.4. The van der Waals surface area contributed by atoms with Crippen molar-refractivity contribution in [1.82, 2.24) is 0 Å². The van der Waals surface area contributed by atoms with Crippen LogP contribution in [0.25, 0.3) is 0 Å². The summed E-state index contributed by atoms with van der Waals surface area (Å²) in [5.41, 5.74) is 0. The Kier molecular flexibility index (Phi) is 18.3. The van der Waals surface area contributed by atoms with Crippen LogP contribution in [-0.2, 0) is 14.2 Å². The maximum Gasteiger partial charge on any atom is 0.0704 e. The van der Waals surface area contributed by atoms with Crippen molar-refractivity contribution in [3.8, 4) is 0 Å². The molecular formula is C17H34O3. The van der Waals surface area contributed by atoms with Crippen molar-refractivity contribution in [2.75, 3.05) is 39.6 Å². The topological polar surface area (TPSA) is 27.7 Å². The van der Waals surface area contributed by atoms with E-state index >= 15 is 0 Å². The molecule has 0 spiro atoms. The van der Waals surface area contributed by atoms with Crippen LogP contribution in [0.1, 0.15) is 58.3 Å². The quantitative estimate of drug-likeness (QED) is 0.294. The second kappa shape index (κ2) is 18.6. The molecule has 0 aromatic rings. The highest BCUT2D eigenvalue weighted by atomic mass is 16.5. The second-order valence-corrected chi connectivity index (χ2v) is 5.06. The van der Waals surface area contributed by atoms with E-state index in [1.165, 1.54) is 51.4 Å². The van der Waals surface area contributed by atoms with Crippen LogP contribution < -0.4 is 0 Å².